The highest BCUT2D eigenvalue weighted by Crippen LogP contribution is 2.16. The number of benzene rings is 1. The lowest BCUT2D eigenvalue weighted by molar-refractivity contribution is 0.0948. The number of carbonyl (C=O) groups is 1. The van der Waals surface area contributed by atoms with Crippen LogP contribution in [0.15, 0.2) is 47.7 Å². The average Bonchev–Trinajstić information content (AvgIpc) is 3.21. The lowest BCUT2D eigenvalue weighted by atomic mass is 10.1. The molecule has 3 rings (SSSR count). The van der Waals surface area contributed by atoms with Gasteiger partial charge >= 0.3 is 0 Å². The van der Waals surface area contributed by atoms with Crippen molar-refractivity contribution in [2.45, 2.75) is 20.6 Å². The predicted molar refractivity (Wildman–Crippen MR) is 98.1 cm³/mol. The molecule has 8 heteroatoms. The van der Waals surface area contributed by atoms with E-state index in [1.54, 1.807) is 18.3 Å². The Morgan fingerprint density at radius 2 is 2.08 bits per heavy atom. The van der Waals surface area contributed by atoms with Crippen molar-refractivity contribution >= 4 is 23.5 Å². The third-order valence-electron chi connectivity index (χ3n) is 3.38. The van der Waals surface area contributed by atoms with Crippen molar-refractivity contribution < 1.29 is 13.9 Å². The number of hydrazone groups is 1. The monoisotopic (exact) mass is 372 g/mol. The van der Waals surface area contributed by atoms with Crippen molar-refractivity contribution in [1.29, 1.82) is 0 Å². The maximum atomic E-state index is 12.9. The highest BCUT2D eigenvalue weighted by Gasteiger charge is 2.09. The summed E-state index contributed by atoms with van der Waals surface area (Å²) in [6.07, 6.45) is 3.03. The first-order chi connectivity index (χ1) is 12.5. The van der Waals surface area contributed by atoms with E-state index in [9.17, 15) is 9.18 Å². The summed E-state index contributed by atoms with van der Waals surface area (Å²) >= 11 is 0.942. The van der Waals surface area contributed by atoms with Crippen LogP contribution in [0.3, 0.4) is 0 Å². The number of aromatic nitrogens is 2. The van der Waals surface area contributed by atoms with Crippen LogP contribution < -0.4 is 10.2 Å². The molecule has 6 nitrogen and oxygen atoms in total. The molecule has 26 heavy (non-hydrogen) atoms. The zero-order valence-electron chi connectivity index (χ0n) is 14.3. The number of hydrogen-bond donors (Lipinski definition) is 1. The molecule has 0 radical (unpaired) electrons. The van der Waals surface area contributed by atoms with E-state index in [-0.39, 0.29) is 17.6 Å². The fourth-order valence-corrected chi connectivity index (χ4v) is 2.92. The number of nitrogens with zero attached hydrogens (tertiary/aromatic N) is 3. The molecule has 1 amide bonds. The van der Waals surface area contributed by atoms with E-state index in [1.165, 1.54) is 17.0 Å². The molecule has 1 N–H and O–H groups in total. The van der Waals surface area contributed by atoms with Gasteiger partial charge in [0.2, 0.25) is 0 Å². The zero-order valence-corrected chi connectivity index (χ0v) is 15.1. The van der Waals surface area contributed by atoms with Crippen LogP contribution in [0.1, 0.15) is 26.5 Å². The molecule has 0 aliphatic rings. The molecule has 2 aromatic heterocycles. The van der Waals surface area contributed by atoms with E-state index < -0.39 is 5.91 Å². The number of halogens is 1. The average molecular weight is 372 g/mol. The molecular formula is C18H17FN4O2S. The van der Waals surface area contributed by atoms with Crippen molar-refractivity contribution in [2.24, 2.45) is 5.10 Å². The molecule has 0 fully saturated rings. The van der Waals surface area contributed by atoms with Gasteiger partial charge in [-0.15, -0.1) is 11.3 Å². The normalized spacial score (nSPS) is 11.0. The van der Waals surface area contributed by atoms with E-state index in [0.717, 1.165) is 28.2 Å². The molecule has 3 aromatic rings. The maximum Gasteiger partial charge on any atom is 0.291 e. The van der Waals surface area contributed by atoms with Gasteiger partial charge in [0.05, 0.1) is 11.1 Å². The molecule has 1 aromatic carbocycles. The highest BCUT2D eigenvalue weighted by molar-refractivity contribution is 7.12. The molecule has 0 unspecified atom stereocenters. The lowest BCUT2D eigenvalue weighted by Gasteiger charge is -2.08. The van der Waals surface area contributed by atoms with Gasteiger partial charge in [0, 0.05) is 6.20 Å². The molecule has 0 spiro atoms. The van der Waals surface area contributed by atoms with Crippen LogP contribution >= 0.6 is 11.3 Å². The van der Waals surface area contributed by atoms with Gasteiger partial charge in [-0.3, -0.25) is 4.79 Å². The number of thiophene rings is 1. The topological polar surface area (TPSA) is 68.5 Å². The van der Waals surface area contributed by atoms with Crippen molar-refractivity contribution in [1.82, 2.24) is 15.2 Å². The number of hydrogen-bond acceptors (Lipinski definition) is 5. The van der Waals surface area contributed by atoms with Crippen molar-refractivity contribution in [3.8, 4) is 5.75 Å². The molecule has 0 saturated carbocycles. The van der Waals surface area contributed by atoms with Crippen molar-refractivity contribution in [2.75, 3.05) is 0 Å². The second-order valence-corrected chi connectivity index (χ2v) is 6.74. The molecule has 0 saturated heterocycles. The number of amides is 1. The summed E-state index contributed by atoms with van der Waals surface area (Å²) in [5.41, 5.74) is 4.80. The number of rotatable bonds is 6. The van der Waals surface area contributed by atoms with Crippen LogP contribution in [-0.4, -0.2) is 21.9 Å². The smallest absolute Gasteiger partial charge is 0.291 e. The molecule has 0 bridgehead atoms. The second-order valence-electron chi connectivity index (χ2n) is 5.68. The number of ether oxygens (including phenoxy) is 1. The summed E-state index contributed by atoms with van der Waals surface area (Å²) in [6, 6.07) is 10.4. The fraction of sp³-hybridized carbons (Fsp3) is 0.167. The Morgan fingerprint density at radius 3 is 2.77 bits per heavy atom. The van der Waals surface area contributed by atoms with Gasteiger partial charge in [-0.05, 0) is 55.3 Å². The largest absolute Gasteiger partial charge is 0.471 e. The van der Waals surface area contributed by atoms with E-state index in [1.807, 2.05) is 26.0 Å². The Bertz CT molecular complexity index is 928. The molecule has 0 aliphatic heterocycles. The van der Waals surface area contributed by atoms with Crippen molar-refractivity contribution in [3.05, 3.63) is 69.4 Å². The van der Waals surface area contributed by atoms with Crippen LogP contribution in [0.25, 0.3) is 0 Å². The van der Waals surface area contributed by atoms with E-state index >= 15 is 0 Å². The SMILES string of the molecule is Cc1cc(C)cc(OCn2ccc(C(=O)NN=Cc3ccc(F)s3)n2)c1. The standard InChI is InChI=1S/C18H17FN4O2S/c1-12-7-13(2)9-14(8-12)25-11-23-6-5-16(22-23)18(24)21-20-10-15-3-4-17(19)26-15/h3-10H,11H2,1-2H3,(H,21,24). The van der Waals surface area contributed by atoms with Crippen LogP contribution in [0.2, 0.25) is 0 Å². The summed E-state index contributed by atoms with van der Waals surface area (Å²) in [6.45, 7) is 4.19. The van der Waals surface area contributed by atoms with Crippen molar-refractivity contribution in [3.63, 3.8) is 0 Å². The first-order valence-corrected chi connectivity index (χ1v) is 8.64. The summed E-state index contributed by atoms with van der Waals surface area (Å²) < 4.78 is 20.1. The van der Waals surface area contributed by atoms with E-state index in [4.69, 9.17) is 4.74 Å². The number of nitrogens with one attached hydrogen (secondary N) is 1. The molecule has 0 aliphatic carbocycles. The van der Waals surface area contributed by atoms with Gasteiger partial charge in [-0.1, -0.05) is 6.07 Å². The van der Waals surface area contributed by atoms with Gasteiger partial charge in [0.25, 0.3) is 5.91 Å². The number of carbonyl (C=O) groups excluding carboxylic acids is 1. The van der Waals surface area contributed by atoms with Crippen LogP contribution in [0.4, 0.5) is 4.39 Å². The second kappa shape index (κ2) is 7.92. The third-order valence-corrected chi connectivity index (χ3v) is 4.19. The highest BCUT2D eigenvalue weighted by atomic mass is 32.1. The molecule has 134 valence electrons. The Balaban J connectivity index is 1.55. The predicted octanol–water partition coefficient (Wildman–Crippen LogP) is 3.50. The Labute approximate surface area is 153 Å². The van der Waals surface area contributed by atoms with Gasteiger partial charge in [-0.25, -0.2) is 10.1 Å². The van der Waals surface area contributed by atoms with E-state index in [2.05, 4.69) is 21.7 Å². The molecular weight excluding hydrogens is 355 g/mol. The summed E-state index contributed by atoms with van der Waals surface area (Å²) in [7, 11) is 0. The lowest BCUT2D eigenvalue weighted by Crippen LogP contribution is -2.19. The Kier molecular flexibility index (Phi) is 5.43. The minimum Gasteiger partial charge on any atom is -0.471 e. The Morgan fingerprint density at radius 1 is 1.31 bits per heavy atom. The van der Waals surface area contributed by atoms with Gasteiger partial charge in [0.1, 0.15) is 5.75 Å². The van der Waals surface area contributed by atoms with Crippen LogP contribution in [-0.2, 0) is 6.73 Å². The Hall–Kier alpha value is -3.00. The minimum absolute atomic E-state index is 0.188. The first kappa shape index (κ1) is 17.8. The number of aryl methyl sites for hydroxylation is 2. The third kappa shape index (κ3) is 4.76. The summed E-state index contributed by atoms with van der Waals surface area (Å²) in [5.74, 6) is 0.292. The van der Waals surface area contributed by atoms with Gasteiger partial charge < -0.3 is 4.74 Å². The van der Waals surface area contributed by atoms with E-state index in [0.29, 0.717) is 4.88 Å². The summed E-state index contributed by atoms with van der Waals surface area (Å²) in [5, 5.41) is 7.64. The van der Waals surface area contributed by atoms with Crippen LogP contribution in [0.5, 0.6) is 5.75 Å². The van der Waals surface area contributed by atoms with Gasteiger partial charge in [0.15, 0.2) is 17.6 Å². The molecule has 2 heterocycles. The maximum absolute atomic E-state index is 12.9. The van der Waals surface area contributed by atoms with Gasteiger partial charge in [-0.2, -0.15) is 14.6 Å². The minimum atomic E-state index is -0.455. The summed E-state index contributed by atoms with van der Waals surface area (Å²) in [4.78, 5) is 12.6. The van der Waals surface area contributed by atoms with Crippen LogP contribution in [0, 0.1) is 19.0 Å². The quantitative estimate of drug-likeness (QED) is 0.532. The fourth-order valence-electron chi connectivity index (χ4n) is 2.32. The molecule has 0 atom stereocenters. The first-order valence-electron chi connectivity index (χ1n) is 7.83. The zero-order chi connectivity index (χ0) is 18.5.